The van der Waals surface area contributed by atoms with Crippen LogP contribution in [0, 0.1) is 6.92 Å². The first kappa shape index (κ1) is 15.3. The van der Waals surface area contributed by atoms with Gasteiger partial charge in [0.25, 0.3) is 0 Å². The number of carbonyl (C=O) groups is 1. The average molecular weight is 267 g/mol. The van der Waals surface area contributed by atoms with Gasteiger partial charge in [-0.05, 0) is 43.0 Å². The van der Waals surface area contributed by atoms with Crippen LogP contribution < -0.4 is 15.2 Å². The van der Waals surface area contributed by atoms with Crippen molar-refractivity contribution in [2.24, 2.45) is 5.73 Å². The molecule has 1 rings (SSSR count). The van der Waals surface area contributed by atoms with E-state index in [1.165, 1.54) is 0 Å². The zero-order valence-corrected chi connectivity index (χ0v) is 11.6. The highest BCUT2D eigenvalue weighted by Gasteiger charge is 2.14. The fourth-order valence-electron chi connectivity index (χ4n) is 2.02. The van der Waals surface area contributed by atoms with Gasteiger partial charge in [-0.1, -0.05) is 0 Å². The Morgan fingerprint density at radius 1 is 1.32 bits per heavy atom. The highest BCUT2D eigenvalue weighted by atomic mass is 16.5. The number of ether oxygens (including phenoxy) is 2. The van der Waals surface area contributed by atoms with Crippen LogP contribution in [0.25, 0.3) is 0 Å². The Labute approximate surface area is 113 Å². The van der Waals surface area contributed by atoms with Crippen LogP contribution in [0.1, 0.15) is 36.4 Å². The van der Waals surface area contributed by atoms with Crippen molar-refractivity contribution in [2.75, 3.05) is 14.2 Å². The monoisotopic (exact) mass is 267 g/mol. The molecule has 5 heteroatoms. The second-order valence-corrected chi connectivity index (χ2v) is 4.46. The van der Waals surface area contributed by atoms with Gasteiger partial charge in [0.15, 0.2) is 11.5 Å². The molecule has 3 N–H and O–H groups in total. The molecule has 0 heterocycles. The van der Waals surface area contributed by atoms with Gasteiger partial charge in [0.2, 0.25) is 0 Å². The summed E-state index contributed by atoms with van der Waals surface area (Å²) in [5, 5.41) is 8.62. The predicted molar refractivity (Wildman–Crippen MR) is 72.7 cm³/mol. The van der Waals surface area contributed by atoms with Crippen molar-refractivity contribution in [1.82, 2.24) is 0 Å². The molecular formula is C14H21NO4. The fourth-order valence-corrected chi connectivity index (χ4v) is 2.02. The number of hydrogen-bond acceptors (Lipinski definition) is 4. The lowest BCUT2D eigenvalue weighted by molar-refractivity contribution is -0.137. The SMILES string of the molecule is COc1cc(C)c(C(N)CCCC(=O)O)cc1OC. The van der Waals surface area contributed by atoms with E-state index in [4.69, 9.17) is 20.3 Å². The van der Waals surface area contributed by atoms with Gasteiger partial charge < -0.3 is 20.3 Å². The third kappa shape index (κ3) is 4.13. The second-order valence-electron chi connectivity index (χ2n) is 4.46. The Morgan fingerprint density at radius 2 is 1.89 bits per heavy atom. The van der Waals surface area contributed by atoms with Crippen LogP contribution in [0.5, 0.6) is 11.5 Å². The molecule has 0 saturated carbocycles. The van der Waals surface area contributed by atoms with Crippen molar-refractivity contribution in [3.8, 4) is 11.5 Å². The van der Waals surface area contributed by atoms with E-state index >= 15 is 0 Å². The third-order valence-electron chi connectivity index (χ3n) is 3.08. The minimum absolute atomic E-state index is 0.139. The summed E-state index contributed by atoms with van der Waals surface area (Å²) in [4.78, 5) is 10.5. The van der Waals surface area contributed by atoms with E-state index in [0.29, 0.717) is 24.3 Å². The van der Waals surface area contributed by atoms with Crippen molar-refractivity contribution >= 4 is 5.97 Å². The van der Waals surface area contributed by atoms with Crippen molar-refractivity contribution in [2.45, 2.75) is 32.2 Å². The largest absolute Gasteiger partial charge is 0.493 e. The quantitative estimate of drug-likeness (QED) is 0.792. The lowest BCUT2D eigenvalue weighted by Gasteiger charge is -2.17. The number of carboxylic acids is 1. The van der Waals surface area contributed by atoms with Gasteiger partial charge in [0, 0.05) is 12.5 Å². The summed E-state index contributed by atoms with van der Waals surface area (Å²) >= 11 is 0. The topological polar surface area (TPSA) is 81.8 Å². The first-order valence-corrected chi connectivity index (χ1v) is 6.19. The molecule has 1 unspecified atom stereocenters. The summed E-state index contributed by atoms with van der Waals surface area (Å²) < 4.78 is 10.5. The van der Waals surface area contributed by atoms with E-state index in [2.05, 4.69) is 0 Å². The molecule has 0 saturated heterocycles. The van der Waals surface area contributed by atoms with Crippen LogP contribution in [0.3, 0.4) is 0 Å². The molecule has 1 atom stereocenters. The molecule has 1 aromatic rings. The van der Waals surface area contributed by atoms with Crippen molar-refractivity contribution in [1.29, 1.82) is 0 Å². The normalized spacial score (nSPS) is 12.0. The average Bonchev–Trinajstić information content (AvgIpc) is 2.37. The zero-order chi connectivity index (χ0) is 14.4. The molecule has 0 aliphatic rings. The summed E-state index contributed by atoms with van der Waals surface area (Å²) in [7, 11) is 3.16. The number of carboxylic acid groups (broad SMARTS) is 1. The molecule has 0 aliphatic carbocycles. The van der Waals surface area contributed by atoms with Gasteiger partial charge in [0.1, 0.15) is 0 Å². The van der Waals surface area contributed by atoms with Gasteiger partial charge >= 0.3 is 5.97 Å². The van der Waals surface area contributed by atoms with Crippen LogP contribution in [0.15, 0.2) is 12.1 Å². The summed E-state index contributed by atoms with van der Waals surface area (Å²) in [5.41, 5.74) is 8.08. The Kier molecular flexibility index (Phi) is 5.63. The smallest absolute Gasteiger partial charge is 0.303 e. The van der Waals surface area contributed by atoms with E-state index in [-0.39, 0.29) is 12.5 Å². The fraction of sp³-hybridized carbons (Fsp3) is 0.500. The van der Waals surface area contributed by atoms with E-state index in [1.807, 2.05) is 19.1 Å². The van der Waals surface area contributed by atoms with Crippen molar-refractivity contribution in [3.05, 3.63) is 23.3 Å². The lowest BCUT2D eigenvalue weighted by Crippen LogP contribution is -2.13. The van der Waals surface area contributed by atoms with Crippen LogP contribution in [-0.2, 0) is 4.79 Å². The summed E-state index contributed by atoms with van der Waals surface area (Å²) in [5.74, 6) is 0.509. The summed E-state index contributed by atoms with van der Waals surface area (Å²) in [6.07, 6.45) is 1.33. The molecule has 0 fully saturated rings. The number of aryl methyl sites for hydroxylation is 1. The molecule has 0 aromatic heterocycles. The minimum Gasteiger partial charge on any atom is -0.493 e. The summed E-state index contributed by atoms with van der Waals surface area (Å²) in [6, 6.07) is 3.55. The highest BCUT2D eigenvalue weighted by Crippen LogP contribution is 2.33. The number of rotatable bonds is 7. The highest BCUT2D eigenvalue weighted by molar-refractivity contribution is 5.66. The maximum absolute atomic E-state index is 10.5. The van der Waals surface area contributed by atoms with E-state index < -0.39 is 5.97 Å². The predicted octanol–water partition coefficient (Wildman–Crippen LogP) is 2.27. The van der Waals surface area contributed by atoms with Crippen LogP contribution >= 0.6 is 0 Å². The van der Waals surface area contributed by atoms with Gasteiger partial charge in [-0.25, -0.2) is 0 Å². The standard InChI is InChI=1S/C14H21NO4/c1-9-7-12(18-2)13(19-3)8-10(9)11(15)5-4-6-14(16)17/h7-8,11H,4-6,15H2,1-3H3,(H,16,17). The number of hydrogen-bond donors (Lipinski definition) is 2. The molecule has 0 bridgehead atoms. The Bertz CT molecular complexity index is 445. The Balaban J connectivity index is 2.84. The number of methoxy groups -OCH3 is 2. The Hall–Kier alpha value is -1.75. The van der Waals surface area contributed by atoms with Crippen LogP contribution in [0.4, 0.5) is 0 Å². The molecule has 0 radical (unpaired) electrons. The second kappa shape index (κ2) is 6.99. The first-order chi connectivity index (χ1) is 8.99. The van der Waals surface area contributed by atoms with Crippen molar-refractivity contribution < 1.29 is 19.4 Å². The van der Waals surface area contributed by atoms with E-state index in [0.717, 1.165) is 11.1 Å². The minimum atomic E-state index is -0.795. The number of aliphatic carboxylic acids is 1. The first-order valence-electron chi connectivity index (χ1n) is 6.19. The molecule has 106 valence electrons. The third-order valence-corrected chi connectivity index (χ3v) is 3.08. The molecule has 19 heavy (non-hydrogen) atoms. The zero-order valence-electron chi connectivity index (χ0n) is 11.6. The van der Waals surface area contributed by atoms with E-state index in [9.17, 15) is 4.79 Å². The Morgan fingerprint density at radius 3 is 2.42 bits per heavy atom. The molecule has 5 nitrogen and oxygen atoms in total. The number of nitrogens with two attached hydrogens (primary N) is 1. The van der Waals surface area contributed by atoms with Crippen LogP contribution in [-0.4, -0.2) is 25.3 Å². The summed E-state index contributed by atoms with van der Waals surface area (Å²) in [6.45, 7) is 1.95. The lowest BCUT2D eigenvalue weighted by atomic mass is 9.97. The molecular weight excluding hydrogens is 246 g/mol. The molecule has 0 amide bonds. The van der Waals surface area contributed by atoms with Crippen LogP contribution in [0.2, 0.25) is 0 Å². The molecule has 1 aromatic carbocycles. The van der Waals surface area contributed by atoms with Gasteiger partial charge in [-0.2, -0.15) is 0 Å². The van der Waals surface area contributed by atoms with Gasteiger partial charge in [-0.15, -0.1) is 0 Å². The molecule has 0 aliphatic heterocycles. The maximum Gasteiger partial charge on any atom is 0.303 e. The number of benzene rings is 1. The van der Waals surface area contributed by atoms with E-state index in [1.54, 1.807) is 14.2 Å². The van der Waals surface area contributed by atoms with Gasteiger partial charge in [-0.3, -0.25) is 4.79 Å². The molecule has 0 spiro atoms. The van der Waals surface area contributed by atoms with Crippen molar-refractivity contribution in [3.63, 3.8) is 0 Å². The van der Waals surface area contributed by atoms with Gasteiger partial charge in [0.05, 0.1) is 14.2 Å². The maximum atomic E-state index is 10.5.